The van der Waals surface area contributed by atoms with Crippen LogP contribution in [0.5, 0.6) is 0 Å². The number of H-pyrrole nitrogens is 1. The molecule has 0 saturated carbocycles. The van der Waals surface area contributed by atoms with E-state index < -0.39 is 0 Å². The van der Waals surface area contributed by atoms with E-state index in [0.29, 0.717) is 17.5 Å². The minimum Gasteiger partial charge on any atom is -0.374 e. The van der Waals surface area contributed by atoms with Gasteiger partial charge in [0.15, 0.2) is 5.16 Å². The van der Waals surface area contributed by atoms with E-state index in [-0.39, 0.29) is 5.69 Å². The first-order valence-electron chi connectivity index (χ1n) is 5.59. The summed E-state index contributed by atoms with van der Waals surface area (Å²) < 4.78 is 5.51. The molecule has 0 aliphatic carbocycles. The van der Waals surface area contributed by atoms with Gasteiger partial charge in [0.1, 0.15) is 10.7 Å². The smallest absolute Gasteiger partial charge is 0.343 e. The van der Waals surface area contributed by atoms with Gasteiger partial charge in [0.05, 0.1) is 0 Å². The average molecular weight is 286 g/mol. The molecule has 9 heteroatoms. The van der Waals surface area contributed by atoms with Crippen LogP contribution in [0.1, 0.15) is 19.5 Å². The van der Waals surface area contributed by atoms with Gasteiger partial charge in [0, 0.05) is 30.4 Å². The zero-order valence-electron chi connectivity index (χ0n) is 10.1. The molecule has 0 atom stereocenters. The lowest BCUT2D eigenvalue weighted by Crippen LogP contribution is -2.16. The van der Waals surface area contributed by atoms with Crippen LogP contribution >= 0.6 is 23.3 Å². The molecule has 0 saturated heterocycles. The number of nitrogens with zero attached hydrogens (tertiary/aromatic N) is 4. The Labute approximate surface area is 112 Å². The van der Waals surface area contributed by atoms with E-state index in [1.54, 1.807) is 4.57 Å². The molecule has 2 N–H and O–H groups in total. The summed E-state index contributed by atoms with van der Waals surface area (Å²) in [4.78, 5) is 11.4. The van der Waals surface area contributed by atoms with Crippen LogP contribution < -0.4 is 11.0 Å². The van der Waals surface area contributed by atoms with Crippen LogP contribution in [0.4, 0.5) is 5.00 Å². The van der Waals surface area contributed by atoms with E-state index in [0.717, 1.165) is 17.2 Å². The van der Waals surface area contributed by atoms with E-state index in [9.17, 15) is 4.79 Å². The fraction of sp³-hybridized carbons (Fsp3) is 0.556. The Kier molecular flexibility index (Phi) is 4.37. The average Bonchev–Trinajstić information content (AvgIpc) is 2.94. The monoisotopic (exact) mass is 286 g/mol. The third-order valence-electron chi connectivity index (χ3n) is 2.27. The Hall–Kier alpha value is -1.35. The molecule has 0 unspecified atom stereocenters. The lowest BCUT2D eigenvalue weighted by Gasteiger charge is -2.02. The molecule has 2 rings (SSSR count). The summed E-state index contributed by atoms with van der Waals surface area (Å²) in [5, 5.41) is 15.4. The number of rotatable bonds is 6. The molecule has 0 aliphatic heterocycles. The zero-order chi connectivity index (χ0) is 13.0. The minimum absolute atomic E-state index is 0.177. The number of nitrogens with one attached hydrogen (secondary N) is 2. The Bertz CT molecular complexity index is 559. The number of aromatic amines is 1. The number of aromatic nitrogens is 5. The highest BCUT2D eigenvalue weighted by atomic mass is 32.2. The molecule has 0 fully saturated rings. The van der Waals surface area contributed by atoms with Crippen LogP contribution in [-0.4, -0.2) is 30.9 Å². The van der Waals surface area contributed by atoms with Gasteiger partial charge in [-0.15, -0.1) is 10.2 Å². The first kappa shape index (κ1) is 13.1. The third-order valence-corrected chi connectivity index (χ3v) is 3.98. The van der Waals surface area contributed by atoms with Gasteiger partial charge >= 0.3 is 5.69 Å². The highest BCUT2D eigenvalue weighted by Gasteiger charge is 2.11. The van der Waals surface area contributed by atoms with Crippen LogP contribution in [0.3, 0.4) is 0 Å². The van der Waals surface area contributed by atoms with Crippen LogP contribution in [0.2, 0.25) is 0 Å². The van der Waals surface area contributed by atoms with Gasteiger partial charge in [-0.3, -0.25) is 4.57 Å². The molecule has 18 heavy (non-hydrogen) atoms. The zero-order valence-corrected chi connectivity index (χ0v) is 11.8. The van der Waals surface area contributed by atoms with Crippen LogP contribution in [0.15, 0.2) is 9.95 Å². The Morgan fingerprint density at radius 3 is 3.06 bits per heavy atom. The molecule has 2 heterocycles. The molecule has 0 radical (unpaired) electrons. The van der Waals surface area contributed by atoms with Crippen molar-refractivity contribution in [1.82, 2.24) is 24.4 Å². The molecule has 0 bridgehead atoms. The largest absolute Gasteiger partial charge is 0.374 e. The number of thioether (sulfide) groups is 1. The quantitative estimate of drug-likeness (QED) is 0.775. The topological polar surface area (TPSA) is 88.5 Å². The lowest BCUT2D eigenvalue weighted by atomic mass is 10.5. The maximum absolute atomic E-state index is 11.4. The Balaban J connectivity index is 2.06. The maximum atomic E-state index is 11.4. The summed E-state index contributed by atoms with van der Waals surface area (Å²) in [6, 6.07) is 0. The number of hydrogen-bond acceptors (Lipinski definition) is 7. The fourth-order valence-electron chi connectivity index (χ4n) is 1.42. The van der Waals surface area contributed by atoms with Crippen molar-refractivity contribution in [2.75, 3.05) is 11.9 Å². The maximum Gasteiger partial charge on any atom is 0.343 e. The van der Waals surface area contributed by atoms with Crippen molar-refractivity contribution < 1.29 is 0 Å². The summed E-state index contributed by atoms with van der Waals surface area (Å²) >= 11 is 2.82. The number of hydrogen-bond donors (Lipinski definition) is 2. The molecule has 98 valence electrons. The van der Waals surface area contributed by atoms with Crippen LogP contribution in [0.25, 0.3) is 0 Å². The highest BCUT2D eigenvalue weighted by Crippen LogP contribution is 2.25. The van der Waals surface area contributed by atoms with Crippen molar-refractivity contribution in [2.45, 2.75) is 31.3 Å². The minimum atomic E-state index is -0.177. The summed E-state index contributed by atoms with van der Waals surface area (Å²) in [6.45, 7) is 5.38. The van der Waals surface area contributed by atoms with Gasteiger partial charge in [-0.25, -0.2) is 9.89 Å². The first-order chi connectivity index (χ1) is 8.76. The molecular weight excluding hydrogens is 272 g/mol. The Morgan fingerprint density at radius 2 is 2.33 bits per heavy atom. The molecule has 0 aliphatic rings. The van der Waals surface area contributed by atoms with E-state index >= 15 is 0 Å². The lowest BCUT2D eigenvalue weighted by molar-refractivity contribution is 0.660. The van der Waals surface area contributed by atoms with Crippen molar-refractivity contribution in [2.24, 2.45) is 0 Å². The van der Waals surface area contributed by atoms with Gasteiger partial charge < -0.3 is 5.32 Å². The van der Waals surface area contributed by atoms with Crippen LogP contribution in [-0.2, 0) is 12.3 Å². The Morgan fingerprint density at radius 1 is 1.50 bits per heavy atom. The predicted octanol–water partition coefficient (Wildman–Crippen LogP) is 1.17. The van der Waals surface area contributed by atoms with E-state index in [4.69, 9.17) is 0 Å². The third kappa shape index (κ3) is 2.72. The summed E-state index contributed by atoms with van der Waals surface area (Å²) in [5.41, 5.74) is 0.716. The van der Waals surface area contributed by atoms with Crippen molar-refractivity contribution in [3.63, 3.8) is 0 Å². The van der Waals surface area contributed by atoms with Gasteiger partial charge in [0.2, 0.25) is 0 Å². The predicted molar refractivity (Wildman–Crippen MR) is 72.2 cm³/mol. The van der Waals surface area contributed by atoms with Crippen LogP contribution in [0, 0.1) is 0 Å². The molecule has 2 aromatic heterocycles. The summed E-state index contributed by atoms with van der Waals surface area (Å²) in [6.07, 6.45) is 0. The van der Waals surface area contributed by atoms with E-state index in [1.165, 1.54) is 23.3 Å². The SMILES string of the molecule is CCNc1snnc1CSc1n[nH]c(=O)n1CC. The molecule has 0 spiro atoms. The van der Waals surface area contributed by atoms with Gasteiger partial charge in [-0.1, -0.05) is 16.3 Å². The normalized spacial score (nSPS) is 10.8. The molecule has 0 amide bonds. The molecule has 2 aromatic rings. The number of anilines is 1. The fourth-order valence-corrected chi connectivity index (χ4v) is 3.11. The second-order valence-corrected chi connectivity index (χ2v) is 5.12. The van der Waals surface area contributed by atoms with Gasteiger partial charge in [-0.2, -0.15) is 0 Å². The van der Waals surface area contributed by atoms with Crippen molar-refractivity contribution in [1.29, 1.82) is 0 Å². The van der Waals surface area contributed by atoms with Crippen molar-refractivity contribution in [3.8, 4) is 0 Å². The van der Waals surface area contributed by atoms with E-state index in [1.807, 2.05) is 13.8 Å². The van der Waals surface area contributed by atoms with E-state index in [2.05, 4.69) is 25.1 Å². The highest BCUT2D eigenvalue weighted by molar-refractivity contribution is 7.98. The molecule has 7 nitrogen and oxygen atoms in total. The van der Waals surface area contributed by atoms with Gasteiger partial charge in [-0.05, 0) is 13.8 Å². The van der Waals surface area contributed by atoms with Crippen molar-refractivity contribution in [3.05, 3.63) is 16.2 Å². The molecule has 0 aromatic carbocycles. The summed E-state index contributed by atoms with van der Waals surface area (Å²) in [5.74, 6) is 0.642. The second-order valence-electron chi connectivity index (χ2n) is 3.42. The standard InChI is InChI=1S/C9H14N6OS2/c1-3-10-7-6(11-14-18-7)5-17-9-13-12-8(16)15(9)4-2/h10H,3-5H2,1-2H3,(H,12,16). The first-order valence-corrected chi connectivity index (χ1v) is 7.35. The molecular formula is C9H14N6OS2. The van der Waals surface area contributed by atoms with Crippen molar-refractivity contribution >= 4 is 28.3 Å². The second kappa shape index (κ2) is 6.01. The van der Waals surface area contributed by atoms with Gasteiger partial charge in [0.25, 0.3) is 0 Å². The summed E-state index contributed by atoms with van der Waals surface area (Å²) in [7, 11) is 0.